The molecule has 3 aromatic rings. The summed E-state index contributed by atoms with van der Waals surface area (Å²) in [7, 11) is 1.61. The first-order valence-corrected chi connectivity index (χ1v) is 9.17. The molecule has 1 unspecified atom stereocenters. The predicted octanol–water partition coefficient (Wildman–Crippen LogP) is 3.10. The Labute approximate surface area is 161 Å². The van der Waals surface area contributed by atoms with Crippen LogP contribution in [0.15, 0.2) is 53.6 Å². The highest BCUT2D eigenvalue weighted by Crippen LogP contribution is 2.28. The third kappa shape index (κ3) is 3.40. The summed E-state index contributed by atoms with van der Waals surface area (Å²) in [5.41, 5.74) is 2.37. The number of carbonyl (C=O) groups is 1. The van der Waals surface area contributed by atoms with E-state index in [1.54, 1.807) is 13.2 Å². The number of amides is 1. The van der Waals surface area contributed by atoms with Gasteiger partial charge < -0.3 is 14.5 Å². The topological polar surface area (TPSA) is 68.9 Å². The predicted molar refractivity (Wildman–Crippen MR) is 105 cm³/mol. The Morgan fingerprint density at radius 1 is 1.30 bits per heavy atom. The molecule has 7 heteroatoms. The Morgan fingerprint density at radius 2 is 2.07 bits per heavy atom. The van der Waals surface area contributed by atoms with Gasteiger partial charge in [0.25, 0.3) is 5.56 Å². The minimum atomic E-state index is -0.287. The largest absolute Gasteiger partial charge is 0.328 e. The molecule has 6 nitrogen and oxygen atoms in total. The zero-order valence-corrected chi connectivity index (χ0v) is 15.6. The Morgan fingerprint density at radius 3 is 2.81 bits per heavy atom. The van der Waals surface area contributed by atoms with Crippen molar-refractivity contribution < 1.29 is 4.79 Å². The number of nitrogens with zero attached hydrogens (tertiary/aromatic N) is 3. The second-order valence-corrected chi connectivity index (χ2v) is 7.17. The fraction of sp³-hybridized carbons (Fsp3) is 0.250. The van der Waals surface area contributed by atoms with Crippen molar-refractivity contribution in [2.24, 2.45) is 13.0 Å². The molecule has 3 heterocycles. The first kappa shape index (κ1) is 17.5. The zero-order chi connectivity index (χ0) is 19.0. The second-order valence-electron chi connectivity index (χ2n) is 6.76. The van der Waals surface area contributed by atoms with Gasteiger partial charge in [-0.1, -0.05) is 41.9 Å². The minimum Gasteiger partial charge on any atom is -0.328 e. The number of benzene rings is 1. The van der Waals surface area contributed by atoms with Gasteiger partial charge in [0.05, 0.1) is 5.69 Å². The number of imidazole rings is 1. The molecule has 0 aliphatic carbocycles. The summed E-state index contributed by atoms with van der Waals surface area (Å²) in [4.78, 5) is 28.9. The number of aromatic nitrogens is 3. The molecular weight excluding hydrogens is 364 g/mol. The molecule has 27 heavy (non-hydrogen) atoms. The number of hydrogen-bond donors (Lipinski definition) is 1. The molecule has 4 rings (SSSR count). The van der Waals surface area contributed by atoms with Crippen molar-refractivity contribution >= 4 is 23.2 Å². The van der Waals surface area contributed by atoms with E-state index >= 15 is 0 Å². The molecular formula is C20H19ClN4O2. The Hall–Kier alpha value is -2.86. The number of aryl methyl sites for hydroxylation is 1. The van der Waals surface area contributed by atoms with Crippen molar-refractivity contribution in [3.63, 3.8) is 0 Å². The van der Waals surface area contributed by atoms with Crippen LogP contribution >= 0.6 is 11.6 Å². The maximum atomic E-state index is 12.7. The van der Waals surface area contributed by atoms with Crippen LogP contribution in [-0.4, -0.2) is 20.0 Å². The maximum Gasteiger partial charge on any atom is 0.269 e. The number of rotatable bonds is 3. The van der Waals surface area contributed by atoms with E-state index in [-0.39, 0.29) is 22.4 Å². The Kier molecular flexibility index (Phi) is 4.58. The summed E-state index contributed by atoms with van der Waals surface area (Å²) >= 11 is 5.92. The molecule has 1 aromatic carbocycles. The molecule has 2 aromatic heterocycles. The molecule has 0 radical (unpaired) electrons. The number of carbonyl (C=O) groups excluding carboxylic acids is 1. The van der Waals surface area contributed by atoms with Crippen LogP contribution in [0, 0.1) is 5.92 Å². The summed E-state index contributed by atoms with van der Waals surface area (Å²) in [5, 5.41) is 2.96. The lowest BCUT2D eigenvalue weighted by Gasteiger charge is -2.24. The van der Waals surface area contributed by atoms with Gasteiger partial charge >= 0.3 is 0 Å². The SMILES string of the molecule is Cn1cc(NC(=O)C2CCn3c(cnc3-c3ccccc3)C2)cc(Cl)c1=O. The van der Waals surface area contributed by atoms with E-state index in [0.29, 0.717) is 12.1 Å². The standard InChI is InChI=1S/C20H19ClN4O2/c1-24-12-15(10-17(21)20(24)27)23-19(26)14-7-8-25-16(9-14)11-22-18(25)13-5-3-2-4-6-13/h2-6,10-12,14H,7-9H2,1H3,(H,23,26). The summed E-state index contributed by atoms with van der Waals surface area (Å²) in [6.07, 6.45) is 4.79. The molecule has 1 amide bonds. The minimum absolute atomic E-state index is 0.0709. The Bertz CT molecular complexity index is 1030. The quantitative estimate of drug-likeness (QED) is 0.756. The number of halogens is 1. The third-order valence-electron chi connectivity index (χ3n) is 4.90. The number of nitrogens with one attached hydrogen (secondary N) is 1. The van der Waals surface area contributed by atoms with Crippen LogP contribution in [-0.2, 0) is 24.8 Å². The number of hydrogen-bond acceptors (Lipinski definition) is 3. The van der Waals surface area contributed by atoms with Gasteiger partial charge in [-0.3, -0.25) is 9.59 Å². The van der Waals surface area contributed by atoms with Gasteiger partial charge in [0.1, 0.15) is 10.8 Å². The van der Waals surface area contributed by atoms with E-state index in [4.69, 9.17) is 11.6 Å². The van der Waals surface area contributed by atoms with Crippen LogP contribution in [0.2, 0.25) is 5.02 Å². The van der Waals surface area contributed by atoms with Crippen molar-refractivity contribution in [1.82, 2.24) is 14.1 Å². The molecule has 0 bridgehead atoms. The van der Waals surface area contributed by atoms with E-state index < -0.39 is 0 Å². The summed E-state index contributed by atoms with van der Waals surface area (Å²) in [6.45, 7) is 0.742. The summed E-state index contributed by atoms with van der Waals surface area (Å²) < 4.78 is 3.54. The molecule has 0 saturated heterocycles. The van der Waals surface area contributed by atoms with E-state index in [1.807, 2.05) is 36.5 Å². The first-order valence-electron chi connectivity index (χ1n) is 8.80. The number of anilines is 1. The highest BCUT2D eigenvalue weighted by Gasteiger charge is 2.27. The fourth-order valence-corrected chi connectivity index (χ4v) is 3.74. The third-order valence-corrected chi connectivity index (χ3v) is 5.18. The highest BCUT2D eigenvalue weighted by atomic mass is 35.5. The van der Waals surface area contributed by atoms with Crippen molar-refractivity contribution in [2.45, 2.75) is 19.4 Å². The molecule has 0 fully saturated rings. The monoisotopic (exact) mass is 382 g/mol. The second kappa shape index (κ2) is 7.04. The van der Waals surface area contributed by atoms with E-state index in [0.717, 1.165) is 30.0 Å². The normalized spacial score (nSPS) is 16.0. The van der Waals surface area contributed by atoms with Crippen LogP contribution in [0.4, 0.5) is 5.69 Å². The van der Waals surface area contributed by atoms with Gasteiger partial charge in [0.2, 0.25) is 5.91 Å². The zero-order valence-electron chi connectivity index (χ0n) is 14.9. The number of fused-ring (bicyclic) bond motifs is 1. The van der Waals surface area contributed by atoms with Crippen LogP contribution in [0.5, 0.6) is 0 Å². The Balaban J connectivity index is 1.51. The number of pyridine rings is 1. The summed E-state index contributed by atoms with van der Waals surface area (Å²) in [6, 6.07) is 11.5. The smallest absolute Gasteiger partial charge is 0.269 e. The molecule has 1 aliphatic heterocycles. The van der Waals surface area contributed by atoms with E-state index in [9.17, 15) is 9.59 Å². The first-order chi connectivity index (χ1) is 13.0. The van der Waals surface area contributed by atoms with Crippen LogP contribution in [0.1, 0.15) is 12.1 Å². The lowest BCUT2D eigenvalue weighted by atomic mass is 9.95. The van der Waals surface area contributed by atoms with Gasteiger partial charge in [-0.15, -0.1) is 0 Å². The van der Waals surface area contributed by atoms with Gasteiger partial charge in [-0.2, -0.15) is 0 Å². The molecule has 1 N–H and O–H groups in total. The summed E-state index contributed by atoms with van der Waals surface area (Å²) in [5.74, 6) is 0.724. The molecule has 138 valence electrons. The van der Waals surface area contributed by atoms with Gasteiger partial charge in [-0.05, 0) is 12.5 Å². The molecule has 1 aliphatic rings. The van der Waals surface area contributed by atoms with Gasteiger partial charge in [0.15, 0.2) is 0 Å². The molecule has 0 spiro atoms. The molecule has 1 atom stereocenters. The fourth-order valence-electron chi connectivity index (χ4n) is 3.49. The van der Waals surface area contributed by atoms with E-state index in [1.165, 1.54) is 10.6 Å². The van der Waals surface area contributed by atoms with E-state index in [2.05, 4.69) is 14.9 Å². The average Bonchev–Trinajstić information content (AvgIpc) is 3.10. The van der Waals surface area contributed by atoms with Crippen molar-refractivity contribution in [1.29, 1.82) is 0 Å². The highest BCUT2D eigenvalue weighted by molar-refractivity contribution is 6.30. The van der Waals surface area contributed by atoms with Gasteiger partial charge in [-0.25, -0.2) is 4.98 Å². The van der Waals surface area contributed by atoms with Crippen molar-refractivity contribution in [3.8, 4) is 11.4 Å². The lowest BCUT2D eigenvalue weighted by Crippen LogP contribution is -2.30. The maximum absolute atomic E-state index is 12.7. The lowest BCUT2D eigenvalue weighted by molar-refractivity contribution is -0.120. The molecule has 0 saturated carbocycles. The van der Waals surface area contributed by atoms with Crippen molar-refractivity contribution in [3.05, 3.63) is 69.9 Å². The van der Waals surface area contributed by atoms with Crippen molar-refractivity contribution in [2.75, 3.05) is 5.32 Å². The van der Waals surface area contributed by atoms with Gasteiger partial charge in [0, 0.05) is 49.6 Å². The van der Waals surface area contributed by atoms with Crippen LogP contribution in [0.3, 0.4) is 0 Å². The average molecular weight is 383 g/mol. The van der Waals surface area contributed by atoms with Crippen LogP contribution < -0.4 is 10.9 Å². The van der Waals surface area contributed by atoms with Crippen LogP contribution in [0.25, 0.3) is 11.4 Å².